The summed E-state index contributed by atoms with van der Waals surface area (Å²) in [5.41, 5.74) is 3.80. The lowest BCUT2D eigenvalue weighted by Crippen LogP contribution is -2.44. The Bertz CT molecular complexity index is 881. The molecule has 2 aliphatic rings. The van der Waals surface area contributed by atoms with Crippen LogP contribution in [0.25, 0.3) is 16.8 Å². The first-order valence-electron chi connectivity index (χ1n) is 9.75. The number of hydrogen-bond acceptors (Lipinski definition) is 5. The van der Waals surface area contributed by atoms with Gasteiger partial charge in [0.2, 0.25) is 0 Å². The van der Waals surface area contributed by atoms with Crippen molar-refractivity contribution in [3.05, 3.63) is 54.0 Å². The van der Waals surface area contributed by atoms with E-state index in [-0.39, 0.29) is 18.5 Å². The second-order valence-corrected chi connectivity index (χ2v) is 7.15. The fourth-order valence-electron chi connectivity index (χ4n) is 3.81. The highest BCUT2D eigenvalue weighted by Crippen LogP contribution is 2.38. The van der Waals surface area contributed by atoms with Gasteiger partial charge in [0.1, 0.15) is 17.3 Å². The highest BCUT2D eigenvalue weighted by Gasteiger charge is 2.27. The van der Waals surface area contributed by atoms with Crippen molar-refractivity contribution in [3.63, 3.8) is 0 Å². The molecule has 1 fully saturated rings. The first-order chi connectivity index (χ1) is 13.7. The molecule has 1 unspecified atom stereocenters. The molecule has 6 nitrogen and oxygen atoms in total. The standard InChI is InChI=1S/C21H26FN5O/c1-15-14-17(6-7-24-15)19-20(16-2-4-18(22)5-3-16)25-27(12-13-28)21(19)26-10-8-23-9-11-26/h2-7,14-15,23-24,28H,8-13H2,1H3. The Kier molecular flexibility index (Phi) is 5.45. The van der Waals surface area contributed by atoms with E-state index in [4.69, 9.17) is 5.10 Å². The summed E-state index contributed by atoms with van der Waals surface area (Å²) in [6.07, 6.45) is 6.19. The molecule has 0 aliphatic carbocycles. The van der Waals surface area contributed by atoms with E-state index in [0.29, 0.717) is 6.54 Å². The zero-order chi connectivity index (χ0) is 19.5. The molecule has 4 rings (SSSR count). The van der Waals surface area contributed by atoms with E-state index in [2.05, 4.69) is 34.6 Å². The molecule has 0 amide bonds. The number of nitrogens with one attached hydrogen (secondary N) is 2. The lowest BCUT2D eigenvalue weighted by molar-refractivity contribution is 0.269. The van der Waals surface area contributed by atoms with E-state index in [1.54, 1.807) is 12.1 Å². The first kappa shape index (κ1) is 18.7. The summed E-state index contributed by atoms with van der Waals surface area (Å²) in [7, 11) is 0. The van der Waals surface area contributed by atoms with Gasteiger partial charge < -0.3 is 20.6 Å². The number of aromatic nitrogens is 2. The van der Waals surface area contributed by atoms with Gasteiger partial charge in [-0.15, -0.1) is 0 Å². The number of nitrogens with zero attached hydrogens (tertiary/aromatic N) is 3. The number of aliphatic hydroxyl groups is 1. The minimum absolute atomic E-state index is 0.00983. The summed E-state index contributed by atoms with van der Waals surface area (Å²) >= 11 is 0. The van der Waals surface area contributed by atoms with E-state index >= 15 is 0 Å². The van der Waals surface area contributed by atoms with Crippen molar-refractivity contribution in [2.75, 3.05) is 37.7 Å². The molecule has 3 heterocycles. The smallest absolute Gasteiger partial charge is 0.135 e. The zero-order valence-electron chi connectivity index (χ0n) is 16.0. The Hall–Kier alpha value is -2.64. The number of halogens is 1. The fourth-order valence-corrected chi connectivity index (χ4v) is 3.81. The van der Waals surface area contributed by atoms with Crippen LogP contribution < -0.4 is 15.5 Å². The van der Waals surface area contributed by atoms with Gasteiger partial charge >= 0.3 is 0 Å². The summed E-state index contributed by atoms with van der Waals surface area (Å²) in [5, 5.41) is 21.1. The van der Waals surface area contributed by atoms with Crippen molar-refractivity contribution < 1.29 is 9.50 Å². The Balaban J connectivity index is 1.91. The Morgan fingerprint density at radius 3 is 2.64 bits per heavy atom. The highest BCUT2D eigenvalue weighted by molar-refractivity contribution is 5.90. The van der Waals surface area contributed by atoms with Crippen LogP contribution in [0.3, 0.4) is 0 Å². The largest absolute Gasteiger partial charge is 0.394 e. The van der Waals surface area contributed by atoms with Crippen LogP contribution in [-0.2, 0) is 6.54 Å². The quantitative estimate of drug-likeness (QED) is 0.737. The molecule has 28 heavy (non-hydrogen) atoms. The van der Waals surface area contributed by atoms with E-state index in [0.717, 1.165) is 54.4 Å². The van der Waals surface area contributed by atoms with Crippen LogP contribution in [0.5, 0.6) is 0 Å². The summed E-state index contributed by atoms with van der Waals surface area (Å²) in [6.45, 7) is 6.08. The average Bonchev–Trinajstić information content (AvgIpc) is 3.09. The third-order valence-corrected chi connectivity index (χ3v) is 5.11. The van der Waals surface area contributed by atoms with Crippen molar-refractivity contribution in [1.29, 1.82) is 0 Å². The second kappa shape index (κ2) is 8.16. The number of piperazine rings is 1. The minimum Gasteiger partial charge on any atom is -0.394 e. The molecule has 0 radical (unpaired) electrons. The van der Waals surface area contributed by atoms with E-state index in [1.807, 2.05) is 10.9 Å². The Morgan fingerprint density at radius 1 is 1.21 bits per heavy atom. The summed E-state index contributed by atoms with van der Waals surface area (Å²) in [4.78, 5) is 2.32. The molecule has 1 saturated heterocycles. The molecule has 1 aromatic heterocycles. The molecule has 148 valence electrons. The Labute approximate surface area is 164 Å². The van der Waals surface area contributed by atoms with Gasteiger partial charge in [-0.2, -0.15) is 5.10 Å². The summed E-state index contributed by atoms with van der Waals surface area (Å²) in [6, 6.07) is 6.66. The van der Waals surface area contributed by atoms with E-state index < -0.39 is 0 Å². The number of allylic oxidation sites excluding steroid dienone is 2. The Morgan fingerprint density at radius 2 is 1.96 bits per heavy atom. The molecule has 2 aromatic rings. The number of rotatable bonds is 5. The SMILES string of the molecule is CC1C=C(c2c(-c3ccc(F)cc3)nn(CCO)c2N2CCNCC2)C=CN1. The molecule has 1 atom stereocenters. The van der Waals surface area contributed by atoms with Crippen LogP contribution in [0.15, 0.2) is 42.6 Å². The van der Waals surface area contributed by atoms with Gasteiger partial charge in [-0.3, -0.25) is 0 Å². The number of dihydropyridines is 1. The zero-order valence-corrected chi connectivity index (χ0v) is 16.0. The lowest BCUT2D eigenvalue weighted by Gasteiger charge is -2.31. The summed E-state index contributed by atoms with van der Waals surface area (Å²) in [5.74, 6) is 0.747. The van der Waals surface area contributed by atoms with Crippen LogP contribution in [0, 0.1) is 5.82 Å². The molecular formula is C21H26FN5O. The normalized spacial score (nSPS) is 19.5. The fraction of sp³-hybridized carbons (Fsp3) is 0.381. The monoisotopic (exact) mass is 383 g/mol. The average molecular weight is 383 g/mol. The molecule has 3 N–H and O–H groups in total. The van der Waals surface area contributed by atoms with Gasteiger partial charge in [0, 0.05) is 37.8 Å². The van der Waals surface area contributed by atoms with Gasteiger partial charge in [0.05, 0.1) is 18.7 Å². The van der Waals surface area contributed by atoms with Crippen LogP contribution in [0.2, 0.25) is 0 Å². The maximum Gasteiger partial charge on any atom is 0.135 e. The molecule has 2 aliphatic heterocycles. The topological polar surface area (TPSA) is 65.3 Å². The van der Waals surface area contributed by atoms with Gasteiger partial charge in [-0.25, -0.2) is 9.07 Å². The molecule has 7 heteroatoms. The molecule has 0 bridgehead atoms. The third-order valence-electron chi connectivity index (χ3n) is 5.11. The third kappa shape index (κ3) is 3.68. The molecular weight excluding hydrogens is 357 g/mol. The molecule has 0 spiro atoms. The van der Waals surface area contributed by atoms with E-state index in [9.17, 15) is 9.50 Å². The second-order valence-electron chi connectivity index (χ2n) is 7.15. The van der Waals surface area contributed by atoms with Crippen molar-refractivity contribution in [1.82, 2.24) is 20.4 Å². The van der Waals surface area contributed by atoms with Crippen molar-refractivity contribution in [2.45, 2.75) is 19.5 Å². The van der Waals surface area contributed by atoms with Gasteiger partial charge in [0.25, 0.3) is 0 Å². The maximum atomic E-state index is 13.5. The first-order valence-corrected chi connectivity index (χ1v) is 9.75. The van der Waals surface area contributed by atoms with Gasteiger partial charge in [-0.1, -0.05) is 6.08 Å². The van der Waals surface area contributed by atoms with Crippen molar-refractivity contribution in [2.24, 2.45) is 0 Å². The summed E-state index contributed by atoms with van der Waals surface area (Å²) < 4.78 is 15.4. The van der Waals surface area contributed by atoms with Crippen LogP contribution in [0.4, 0.5) is 10.2 Å². The number of benzene rings is 1. The molecule has 1 aromatic carbocycles. The maximum absolute atomic E-state index is 13.5. The van der Waals surface area contributed by atoms with Crippen molar-refractivity contribution in [3.8, 4) is 11.3 Å². The number of hydrogen-bond donors (Lipinski definition) is 3. The minimum atomic E-state index is -0.267. The van der Waals surface area contributed by atoms with Crippen LogP contribution in [-0.4, -0.2) is 53.7 Å². The number of aliphatic hydroxyl groups excluding tert-OH is 1. The number of anilines is 1. The highest BCUT2D eigenvalue weighted by atomic mass is 19.1. The lowest BCUT2D eigenvalue weighted by atomic mass is 9.97. The van der Waals surface area contributed by atoms with Crippen LogP contribution >= 0.6 is 0 Å². The molecule has 0 saturated carbocycles. The predicted molar refractivity (Wildman–Crippen MR) is 110 cm³/mol. The predicted octanol–water partition coefficient (Wildman–Crippen LogP) is 1.98. The van der Waals surface area contributed by atoms with Crippen molar-refractivity contribution >= 4 is 11.4 Å². The van der Waals surface area contributed by atoms with Gasteiger partial charge in [-0.05, 0) is 49.0 Å². The van der Waals surface area contributed by atoms with E-state index in [1.165, 1.54) is 12.1 Å². The van der Waals surface area contributed by atoms with Gasteiger partial charge in [0.15, 0.2) is 0 Å². The van der Waals surface area contributed by atoms with Crippen LogP contribution in [0.1, 0.15) is 12.5 Å².